The Bertz CT molecular complexity index is 241. The van der Waals surface area contributed by atoms with E-state index in [9.17, 15) is 4.79 Å². The molecule has 0 heterocycles. The van der Waals surface area contributed by atoms with Crippen molar-refractivity contribution in [1.29, 1.82) is 0 Å². The Morgan fingerprint density at radius 3 is 1.86 bits per heavy atom. The summed E-state index contributed by atoms with van der Waals surface area (Å²) in [6.07, 6.45) is 13.0. The summed E-state index contributed by atoms with van der Waals surface area (Å²) in [6.45, 7) is 7.69. The van der Waals surface area contributed by atoms with Crippen molar-refractivity contribution in [2.24, 2.45) is 5.92 Å². The van der Waals surface area contributed by atoms with E-state index in [1.807, 2.05) is 7.05 Å². The van der Waals surface area contributed by atoms with Gasteiger partial charge in [-0.2, -0.15) is 0 Å². The Kier molecular flexibility index (Phi) is 13.7. The van der Waals surface area contributed by atoms with Gasteiger partial charge in [0.2, 0.25) is 0 Å². The van der Waals surface area contributed by atoms with Gasteiger partial charge in [-0.3, -0.25) is 0 Å². The predicted octanol–water partition coefficient (Wildman–Crippen LogP) is 5.63. The maximum atomic E-state index is 11.6. The van der Waals surface area contributed by atoms with E-state index >= 15 is 0 Å². The third-order valence-electron chi connectivity index (χ3n) is 3.70. The quantitative estimate of drug-likeness (QED) is 0.412. The molecule has 3 nitrogen and oxygen atoms in total. The lowest BCUT2D eigenvalue weighted by Crippen LogP contribution is -2.29. The fourth-order valence-corrected chi connectivity index (χ4v) is 2.28. The van der Waals surface area contributed by atoms with Crippen molar-refractivity contribution in [2.75, 3.05) is 20.2 Å². The largest absolute Gasteiger partial charge is 0.449 e. The zero-order chi connectivity index (χ0) is 15.9. The van der Waals surface area contributed by atoms with Crippen molar-refractivity contribution < 1.29 is 9.53 Å². The van der Waals surface area contributed by atoms with Crippen molar-refractivity contribution in [3.05, 3.63) is 0 Å². The Labute approximate surface area is 132 Å². The number of carbonyl (C=O) groups is 1. The molecular weight excluding hydrogens is 262 g/mol. The number of hydrogen-bond acceptors (Lipinski definition) is 2. The van der Waals surface area contributed by atoms with Crippen molar-refractivity contribution in [3.63, 3.8) is 0 Å². The van der Waals surface area contributed by atoms with Crippen LogP contribution in [-0.4, -0.2) is 31.2 Å². The van der Waals surface area contributed by atoms with E-state index < -0.39 is 0 Å². The molecule has 0 aromatic heterocycles. The van der Waals surface area contributed by atoms with Crippen LogP contribution in [0.5, 0.6) is 0 Å². The van der Waals surface area contributed by atoms with Crippen molar-refractivity contribution in [2.45, 2.75) is 85.0 Å². The van der Waals surface area contributed by atoms with Gasteiger partial charge in [0.1, 0.15) is 0 Å². The van der Waals surface area contributed by atoms with Crippen LogP contribution in [0.1, 0.15) is 85.0 Å². The second-order valence-electron chi connectivity index (χ2n) is 6.57. The van der Waals surface area contributed by atoms with Crippen LogP contribution in [0, 0.1) is 5.92 Å². The van der Waals surface area contributed by atoms with E-state index in [0.717, 1.165) is 13.0 Å². The number of rotatable bonds is 13. The number of nitrogens with zero attached hydrogens (tertiary/aromatic N) is 1. The normalized spacial score (nSPS) is 10.9. The highest BCUT2D eigenvalue weighted by Gasteiger charge is 2.09. The molecule has 3 heteroatoms. The summed E-state index contributed by atoms with van der Waals surface area (Å²) in [5, 5.41) is 0. The first kappa shape index (κ1) is 20.3. The van der Waals surface area contributed by atoms with Crippen LogP contribution >= 0.6 is 0 Å². The number of hydrogen-bond donors (Lipinski definition) is 0. The molecule has 0 saturated carbocycles. The molecule has 0 aliphatic heterocycles. The lowest BCUT2D eigenvalue weighted by Gasteiger charge is -2.17. The van der Waals surface area contributed by atoms with E-state index in [0.29, 0.717) is 12.5 Å². The Morgan fingerprint density at radius 1 is 0.905 bits per heavy atom. The van der Waals surface area contributed by atoms with Gasteiger partial charge in [-0.25, -0.2) is 4.79 Å². The fraction of sp³-hybridized carbons (Fsp3) is 0.944. The summed E-state index contributed by atoms with van der Waals surface area (Å²) in [4.78, 5) is 13.3. The molecule has 0 N–H and O–H groups in total. The van der Waals surface area contributed by atoms with Crippen LogP contribution < -0.4 is 0 Å². The number of amides is 1. The van der Waals surface area contributed by atoms with Gasteiger partial charge in [-0.05, 0) is 12.3 Å². The van der Waals surface area contributed by atoms with Crippen molar-refractivity contribution in [3.8, 4) is 0 Å². The molecule has 0 saturated heterocycles. The molecule has 0 aromatic rings. The van der Waals surface area contributed by atoms with Crippen molar-refractivity contribution in [1.82, 2.24) is 4.90 Å². The van der Waals surface area contributed by atoms with Gasteiger partial charge in [-0.1, -0.05) is 78.6 Å². The molecule has 0 rings (SSSR count). The lowest BCUT2D eigenvalue weighted by molar-refractivity contribution is 0.0994. The van der Waals surface area contributed by atoms with E-state index in [4.69, 9.17) is 4.74 Å². The van der Waals surface area contributed by atoms with Crippen molar-refractivity contribution >= 4 is 6.09 Å². The first-order chi connectivity index (χ1) is 10.1. The summed E-state index contributed by atoms with van der Waals surface area (Å²) in [6, 6.07) is 0. The predicted molar refractivity (Wildman–Crippen MR) is 90.7 cm³/mol. The number of unbranched alkanes of at least 4 members (excludes halogenated alkanes) is 9. The molecule has 0 bridgehead atoms. The van der Waals surface area contributed by atoms with Gasteiger partial charge in [0.15, 0.2) is 0 Å². The van der Waals surface area contributed by atoms with Crippen LogP contribution in [0.2, 0.25) is 0 Å². The summed E-state index contributed by atoms with van der Waals surface area (Å²) >= 11 is 0. The molecule has 0 atom stereocenters. The molecule has 0 aliphatic carbocycles. The summed E-state index contributed by atoms with van der Waals surface area (Å²) in [7, 11) is 1.83. The zero-order valence-corrected chi connectivity index (χ0v) is 14.8. The van der Waals surface area contributed by atoms with Gasteiger partial charge < -0.3 is 9.64 Å². The van der Waals surface area contributed by atoms with Crippen LogP contribution in [0.4, 0.5) is 4.79 Å². The minimum absolute atomic E-state index is 0.181. The smallest absolute Gasteiger partial charge is 0.409 e. The van der Waals surface area contributed by atoms with E-state index in [1.54, 1.807) is 4.90 Å². The van der Waals surface area contributed by atoms with Crippen LogP contribution in [0.25, 0.3) is 0 Å². The molecule has 126 valence electrons. The Morgan fingerprint density at radius 2 is 1.38 bits per heavy atom. The Hall–Kier alpha value is -0.730. The average molecular weight is 299 g/mol. The number of carbonyl (C=O) groups excluding carboxylic acids is 1. The minimum Gasteiger partial charge on any atom is -0.449 e. The highest BCUT2D eigenvalue weighted by atomic mass is 16.6. The summed E-state index contributed by atoms with van der Waals surface area (Å²) < 4.78 is 5.19. The zero-order valence-electron chi connectivity index (χ0n) is 14.8. The minimum atomic E-state index is -0.181. The fourth-order valence-electron chi connectivity index (χ4n) is 2.28. The van der Waals surface area contributed by atoms with Crippen LogP contribution in [-0.2, 0) is 4.74 Å². The first-order valence-corrected chi connectivity index (χ1v) is 8.95. The molecule has 21 heavy (non-hydrogen) atoms. The van der Waals surface area contributed by atoms with Gasteiger partial charge in [0.25, 0.3) is 0 Å². The molecule has 1 amide bonds. The molecule has 0 spiro atoms. The van der Waals surface area contributed by atoms with E-state index in [1.165, 1.54) is 57.8 Å². The summed E-state index contributed by atoms with van der Waals surface area (Å²) in [5.74, 6) is 0.402. The first-order valence-electron chi connectivity index (χ1n) is 8.95. The van der Waals surface area contributed by atoms with Gasteiger partial charge in [-0.15, -0.1) is 0 Å². The highest BCUT2D eigenvalue weighted by molar-refractivity contribution is 5.67. The molecule has 0 unspecified atom stereocenters. The van der Waals surface area contributed by atoms with Gasteiger partial charge in [0.05, 0.1) is 6.61 Å². The second-order valence-corrected chi connectivity index (χ2v) is 6.57. The van der Waals surface area contributed by atoms with E-state index in [-0.39, 0.29) is 6.09 Å². The third-order valence-corrected chi connectivity index (χ3v) is 3.70. The summed E-state index contributed by atoms with van der Waals surface area (Å²) in [5.41, 5.74) is 0. The van der Waals surface area contributed by atoms with E-state index in [2.05, 4.69) is 20.8 Å². The maximum absolute atomic E-state index is 11.6. The Balaban J connectivity index is 3.32. The van der Waals surface area contributed by atoms with Crippen LogP contribution in [0.15, 0.2) is 0 Å². The molecule has 0 fully saturated rings. The van der Waals surface area contributed by atoms with Gasteiger partial charge >= 0.3 is 6.09 Å². The van der Waals surface area contributed by atoms with Gasteiger partial charge in [0, 0.05) is 13.6 Å². The topological polar surface area (TPSA) is 29.5 Å². The highest BCUT2D eigenvalue weighted by Crippen LogP contribution is 2.10. The monoisotopic (exact) mass is 299 g/mol. The molecule has 0 radical (unpaired) electrons. The standard InChI is InChI=1S/C18H37NO2/c1-5-6-7-8-9-10-11-12-13-14-15-19(4)18(20)21-16-17(2)3/h17H,5-16H2,1-4H3. The maximum Gasteiger partial charge on any atom is 0.409 e. The second kappa shape index (κ2) is 14.2. The number of ether oxygens (including phenoxy) is 1. The van der Waals surface area contributed by atoms with Crippen LogP contribution in [0.3, 0.4) is 0 Å². The average Bonchev–Trinajstić information content (AvgIpc) is 2.46. The third kappa shape index (κ3) is 14.0. The molecule has 0 aromatic carbocycles. The SMILES string of the molecule is CCCCCCCCCCCCN(C)C(=O)OCC(C)C. The lowest BCUT2D eigenvalue weighted by atomic mass is 10.1. The molecule has 0 aliphatic rings. The molecular formula is C18H37NO2.